The Kier molecular flexibility index (Phi) is 4.85. The van der Waals surface area contributed by atoms with E-state index in [1.54, 1.807) is 0 Å². The van der Waals surface area contributed by atoms with Gasteiger partial charge in [-0.25, -0.2) is 17.5 Å². The summed E-state index contributed by atoms with van der Waals surface area (Å²) in [5.74, 6) is -0.485. The van der Waals surface area contributed by atoms with E-state index in [9.17, 15) is 12.8 Å². The van der Waals surface area contributed by atoms with Gasteiger partial charge in [0, 0.05) is 18.8 Å². The first-order valence-electron chi connectivity index (χ1n) is 7.03. The number of nitrogens with two attached hydrogens (primary N) is 1. The lowest BCUT2D eigenvalue weighted by Gasteiger charge is -2.29. The third-order valence-electron chi connectivity index (χ3n) is 3.82. The Hall–Kier alpha value is -1.18. The van der Waals surface area contributed by atoms with E-state index in [0.717, 1.165) is 32.0 Å². The number of piperidine rings is 1. The highest BCUT2D eigenvalue weighted by Crippen LogP contribution is 2.22. The van der Waals surface area contributed by atoms with Crippen molar-refractivity contribution >= 4 is 15.7 Å². The summed E-state index contributed by atoms with van der Waals surface area (Å²) in [5.41, 5.74) is 6.09. The number of anilines is 1. The lowest BCUT2D eigenvalue weighted by atomic mass is 9.99. The Morgan fingerprint density at radius 1 is 1.48 bits per heavy atom. The fourth-order valence-corrected chi connectivity index (χ4v) is 4.00. The smallest absolute Gasteiger partial charge is 0.243 e. The van der Waals surface area contributed by atoms with Gasteiger partial charge in [0.1, 0.15) is 10.7 Å². The number of halogens is 1. The second-order valence-corrected chi connectivity index (χ2v) is 7.51. The standard InChI is InChI=1S/C14H22FN3O2S/c1-10-6-12(16)7-13(14(10)15)21(19,20)17-8-11-4-3-5-18(2)9-11/h6-7,11,17H,3-5,8-9,16H2,1-2H3. The first kappa shape index (κ1) is 16.2. The molecule has 5 nitrogen and oxygen atoms in total. The highest BCUT2D eigenvalue weighted by atomic mass is 32.2. The summed E-state index contributed by atoms with van der Waals surface area (Å²) in [7, 11) is -1.86. The van der Waals surface area contributed by atoms with Crippen LogP contribution in [0.15, 0.2) is 17.0 Å². The van der Waals surface area contributed by atoms with Gasteiger partial charge >= 0.3 is 0 Å². The van der Waals surface area contributed by atoms with Gasteiger partial charge in [-0.05, 0) is 57.0 Å². The van der Waals surface area contributed by atoms with E-state index in [1.165, 1.54) is 13.0 Å². The van der Waals surface area contributed by atoms with Crippen LogP contribution in [0.2, 0.25) is 0 Å². The molecule has 1 unspecified atom stereocenters. The number of sulfonamides is 1. The third-order valence-corrected chi connectivity index (χ3v) is 5.24. The van der Waals surface area contributed by atoms with Gasteiger partial charge in [0.2, 0.25) is 10.0 Å². The number of nitrogens with zero attached hydrogens (tertiary/aromatic N) is 1. The quantitative estimate of drug-likeness (QED) is 0.822. The van der Waals surface area contributed by atoms with E-state index in [-0.39, 0.29) is 22.1 Å². The van der Waals surface area contributed by atoms with Gasteiger partial charge in [-0.2, -0.15) is 0 Å². The molecule has 1 aromatic carbocycles. The lowest BCUT2D eigenvalue weighted by molar-refractivity contribution is 0.211. The van der Waals surface area contributed by atoms with Crippen molar-refractivity contribution in [3.8, 4) is 0 Å². The predicted molar refractivity (Wildman–Crippen MR) is 81.0 cm³/mol. The number of nitrogens with one attached hydrogen (secondary N) is 1. The van der Waals surface area contributed by atoms with Crippen molar-refractivity contribution in [3.05, 3.63) is 23.5 Å². The molecule has 0 saturated carbocycles. The first-order valence-corrected chi connectivity index (χ1v) is 8.52. The van der Waals surface area contributed by atoms with E-state index in [4.69, 9.17) is 5.73 Å². The molecule has 118 valence electrons. The zero-order valence-electron chi connectivity index (χ0n) is 12.4. The highest BCUT2D eigenvalue weighted by Gasteiger charge is 2.24. The fourth-order valence-electron chi connectivity index (χ4n) is 2.70. The van der Waals surface area contributed by atoms with E-state index in [2.05, 4.69) is 9.62 Å². The molecule has 0 spiro atoms. The predicted octanol–water partition coefficient (Wildman–Crippen LogP) is 1.34. The van der Waals surface area contributed by atoms with E-state index in [0.29, 0.717) is 6.54 Å². The Balaban J connectivity index is 2.12. The molecule has 7 heteroatoms. The summed E-state index contributed by atoms with van der Waals surface area (Å²) in [6.07, 6.45) is 2.03. The van der Waals surface area contributed by atoms with E-state index >= 15 is 0 Å². The minimum absolute atomic E-state index is 0.229. The normalized spacial score (nSPS) is 20.6. The van der Waals surface area contributed by atoms with Crippen LogP contribution in [-0.4, -0.2) is 40.0 Å². The van der Waals surface area contributed by atoms with Crippen molar-refractivity contribution in [2.75, 3.05) is 32.4 Å². The molecule has 1 aliphatic rings. The van der Waals surface area contributed by atoms with Gasteiger partial charge in [-0.15, -0.1) is 0 Å². The van der Waals surface area contributed by atoms with Gasteiger partial charge in [0.05, 0.1) is 0 Å². The number of hydrogen-bond acceptors (Lipinski definition) is 4. The van der Waals surface area contributed by atoms with Crippen LogP contribution in [0, 0.1) is 18.7 Å². The fraction of sp³-hybridized carbons (Fsp3) is 0.571. The Morgan fingerprint density at radius 2 is 2.19 bits per heavy atom. The molecule has 21 heavy (non-hydrogen) atoms. The Bertz CT molecular complexity index is 619. The van der Waals surface area contributed by atoms with Crippen molar-refractivity contribution < 1.29 is 12.8 Å². The average molecular weight is 315 g/mol. The van der Waals surface area contributed by atoms with Gasteiger partial charge in [-0.3, -0.25) is 0 Å². The van der Waals surface area contributed by atoms with Gasteiger partial charge in [-0.1, -0.05) is 0 Å². The Morgan fingerprint density at radius 3 is 2.86 bits per heavy atom. The molecule has 0 radical (unpaired) electrons. The van der Waals surface area contributed by atoms with Crippen LogP contribution in [0.5, 0.6) is 0 Å². The number of rotatable bonds is 4. The molecule has 0 amide bonds. The van der Waals surface area contributed by atoms with E-state index < -0.39 is 15.8 Å². The van der Waals surface area contributed by atoms with Crippen LogP contribution in [0.4, 0.5) is 10.1 Å². The maximum absolute atomic E-state index is 14.0. The topological polar surface area (TPSA) is 75.4 Å². The summed E-state index contributed by atoms with van der Waals surface area (Å²) >= 11 is 0. The van der Waals surface area contributed by atoms with Crippen LogP contribution in [-0.2, 0) is 10.0 Å². The molecule has 2 rings (SSSR count). The third kappa shape index (κ3) is 3.93. The molecule has 1 fully saturated rings. The van der Waals surface area contributed by atoms with Crippen LogP contribution < -0.4 is 10.5 Å². The largest absolute Gasteiger partial charge is 0.399 e. The van der Waals surface area contributed by atoms with Crippen molar-refractivity contribution in [1.82, 2.24) is 9.62 Å². The summed E-state index contributed by atoms with van der Waals surface area (Å²) in [4.78, 5) is 1.80. The number of aryl methyl sites for hydroxylation is 1. The molecule has 3 N–H and O–H groups in total. The van der Waals surface area contributed by atoms with Gasteiger partial charge < -0.3 is 10.6 Å². The van der Waals surface area contributed by atoms with Crippen LogP contribution in [0.25, 0.3) is 0 Å². The van der Waals surface area contributed by atoms with Crippen LogP contribution in [0.3, 0.4) is 0 Å². The Labute approximate surface area is 125 Å². The number of benzene rings is 1. The van der Waals surface area contributed by atoms with Gasteiger partial charge in [0.15, 0.2) is 0 Å². The maximum Gasteiger partial charge on any atom is 0.243 e. The number of likely N-dealkylation sites (tertiary alicyclic amines) is 1. The summed E-state index contributed by atoms with van der Waals surface area (Å²) < 4.78 is 41.1. The molecule has 1 heterocycles. The van der Waals surface area contributed by atoms with Crippen LogP contribution in [0.1, 0.15) is 18.4 Å². The van der Waals surface area contributed by atoms with Crippen molar-refractivity contribution in [2.24, 2.45) is 5.92 Å². The average Bonchev–Trinajstić information content (AvgIpc) is 2.41. The first-order chi connectivity index (χ1) is 9.79. The molecule has 0 bridgehead atoms. The zero-order valence-corrected chi connectivity index (χ0v) is 13.2. The molecule has 1 saturated heterocycles. The SMILES string of the molecule is Cc1cc(N)cc(S(=O)(=O)NCC2CCCN(C)C2)c1F. The maximum atomic E-state index is 14.0. The summed E-state index contributed by atoms with van der Waals surface area (Å²) in [6.45, 7) is 3.70. The molecule has 0 aromatic heterocycles. The zero-order chi connectivity index (χ0) is 15.6. The number of hydrogen-bond donors (Lipinski definition) is 2. The molecule has 1 aromatic rings. The summed E-state index contributed by atoms with van der Waals surface area (Å²) in [5, 5.41) is 0. The molecular formula is C14H22FN3O2S. The van der Waals surface area contributed by atoms with Crippen LogP contribution >= 0.6 is 0 Å². The minimum atomic E-state index is -3.88. The monoisotopic (exact) mass is 315 g/mol. The molecule has 1 atom stereocenters. The highest BCUT2D eigenvalue weighted by molar-refractivity contribution is 7.89. The molecular weight excluding hydrogens is 293 g/mol. The van der Waals surface area contributed by atoms with Crippen molar-refractivity contribution in [2.45, 2.75) is 24.7 Å². The van der Waals surface area contributed by atoms with Crippen molar-refractivity contribution in [1.29, 1.82) is 0 Å². The molecule has 1 aliphatic heterocycles. The van der Waals surface area contributed by atoms with Crippen molar-refractivity contribution in [3.63, 3.8) is 0 Å². The summed E-state index contributed by atoms with van der Waals surface area (Å²) in [6, 6.07) is 2.59. The second kappa shape index (κ2) is 6.29. The second-order valence-electron chi connectivity index (χ2n) is 5.77. The minimum Gasteiger partial charge on any atom is -0.399 e. The van der Waals surface area contributed by atoms with E-state index in [1.807, 2.05) is 7.05 Å². The molecule has 0 aliphatic carbocycles. The van der Waals surface area contributed by atoms with Gasteiger partial charge in [0.25, 0.3) is 0 Å². The number of nitrogen functional groups attached to an aromatic ring is 1. The lowest BCUT2D eigenvalue weighted by Crippen LogP contribution is -2.39.